The second kappa shape index (κ2) is 6.98. The van der Waals surface area contributed by atoms with Crippen molar-refractivity contribution >= 4 is 6.03 Å². The third kappa shape index (κ3) is 4.85. The first-order chi connectivity index (χ1) is 11.1. The topological polar surface area (TPSA) is 65.2 Å². The monoisotopic (exact) mass is 344 g/mol. The summed E-state index contributed by atoms with van der Waals surface area (Å²) >= 11 is 0. The quantitative estimate of drug-likeness (QED) is 0.681. The Kier molecular flexibility index (Phi) is 5.39. The van der Waals surface area contributed by atoms with Crippen molar-refractivity contribution < 1.29 is 18.0 Å². The van der Waals surface area contributed by atoms with Gasteiger partial charge in [0.25, 0.3) is 0 Å². The largest absolute Gasteiger partial charge is 0.416 e. The van der Waals surface area contributed by atoms with Gasteiger partial charge >= 0.3 is 12.2 Å². The van der Waals surface area contributed by atoms with Crippen LogP contribution < -0.4 is 21.5 Å². The Hall–Kier alpha value is -1.80. The van der Waals surface area contributed by atoms with Gasteiger partial charge < -0.3 is 10.6 Å². The predicted molar refractivity (Wildman–Crippen MR) is 85.1 cm³/mol. The molecule has 0 bridgehead atoms. The van der Waals surface area contributed by atoms with Gasteiger partial charge in [0.15, 0.2) is 0 Å². The normalized spacial score (nSPS) is 17.6. The van der Waals surface area contributed by atoms with Gasteiger partial charge in [-0.05, 0) is 23.1 Å². The summed E-state index contributed by atoms with van der Waals surface area (Å²) < 4.78 is 38.8. The van der Waals surface area contributed by atoms with Crippen LogP contribution >= 0.6 is 0 Å². The van der Waals surface area contributed by atoms with Crippen molar-refractivity contribution in [1.29, 1.82) is 0 Å². The molecule has 8 heteroatoms. The van der Waals surface area contributed by atoms with E-state index in [1.807, 2.05) is 20.8 Å². The van der Waals surface area contributed by atoms with Gasteiger partial charge in [0.1, 0.15) is 0 Å². The number of urea groups is 1. The van der Waals surface area contributed by atoms with Gasteiger partial charge in [0.2, 0.25) is 0 Å². The SMILES string of the molecule is CC(C)(C)C(NC(=O)NC1CNNC1)c1cccc(C(F)(F)F)c1. The second-order valence-corrected chi connectivity index (χ2v) is 7.00. The van der Waals surface area contributed by atoms with E-state index in [-0.39, 0.29) is 6.04 Å². The third-order valence-electron chi connectivity index (χ3n) is 3.85. The molecule has 1 heterocycles. The van der Waals surface area contributed by atoms with Gasteiger partial charge in [-0.15, -0.1) is 0 Å². The van der Waals surface area contributed by atoms with E-state index in [0.717, 1.165) is 12.1 Å². The first kappa shape index (κ1) is 18.5. The smallest absolute Gasteiger partial charge is 0.333 e. The maximum Gasteiger partial charge on any atom is 0.416 e. The number of nitrogens with one attached hydrogen (secondary N) is 4. The van der Waals surface area contributed by atoms with E-state index < -0.39 is 29.2 Å². The number of benzene rings is 1. The van der Waals surface area contributed by atoms with E-state index in [9.17, 15) is 18.0 Å². The molecular weight excluding hydrogens is 321 g/mol. The molecule has 5 nitrogen and oxygen atoms in total. The predicted octanol–water partition coefficient (Wildman–Crippen LogP) is 2.57. The fourth-order valence-electron chi connectivity index (χ4n) is 2.62. The summed E-state index contributed by atoms with van der Waals surface area (Å²) in [6.45, 7) is 6.80. The maximum absolute atomic E-state index is 12.9. The number of amides is 2. The molecule has 4 N–H and O–H groups in total. The van der Waals surface area contributed by atoms with Crippen LogP contribution in [0.4, 0.5) is 18.0 Å². The zero-order chi connectivity index (χ0) is 18.0. The molecule has 1 fully saturated rings. The fraction of sp³-hybridized carbons (Fsp3) is 0.562. The van der Waals surface area contributed by atoms with Crippen molar-refractivity contribution in [2.45, 2.75) is 39.0 Å². The summed E-state index contributed by atoms with van der Waals surface area (Å²) in [4.78, 5) is 12.2. The summed E-state index contributed by atoms with van der Waals surface area (Å²) in [6.07, 6.45) is -4.41. The van der Waals surface area contributed by atoms with Crippen molar-refractivity contribution in [3.05, 3.63) is 35.4 Å². The molecule has 0 saturated carbocycles. The van der Waals surface area contributed by atoms with Gasteiger partial charge in [0, 0.05) is 13.1 Å². The lowest BCUT2D eigenvalue weighted by Crippen LogP contribution is -2.47. The Morgan fingerprint density at radius 3 is 2.38 bits per heavy atom. The molecule has 1 aliphatic heterocycles. The van der Waals surface area contributed by atoms with Crippen LogP contribution in [0.3, 0.4) is 0 Å². The molecule has 1 saturated heterocycles. The second-order valence-electron chi connectivity index (χ2n) is 7.00. The highest BCUT2D eigenvalue weighted by atomic mass is 19.4. The number of halogens is 3. The van der Waals surface area contributed by atoms with E-state index in [2.05, 4.69) is 21.5 Å². The van der Waals surface area contributed by atoms with Gasteiger partial charge in [0.05, 0.1) is 17.6 Å². The Morgan fingerprint density at radius 1 is 1.21 bits per heavy atom. The van der Waals surface area contributed by atoms with Crippen molar-refractivity contribution in [3.63, 3.8) is 0 Å². The van der Waals surface area contributed by atoms with Gasteiger partial charge in [-0.1, -0.05) is 32.9 Å². The summed E-state index contributed by atoms with van der Waals surface area (Å²) in [7, 11) is 0. The van der Waals surface area contributed by atoms with Crippen LogP contribution in [0.5, 0.6) is 0 Å². The van der Waals surface area contributed by atoms with Crippen molar-refractivity contribution in [2.75, 3.05) is 13.1 Å². The lowest BCUT2D eigenvalue weighted by molar-refractivity contribution is -0.137. The van der Waals surface area contributed by atoms with E-state index in [4.69, 9.17) is 0 Å². The number of rotatable bonds is 3. The van der Waals surface area contributed by atoms with Crippen LogP contribution in [0.1, 0.15) is 37.9 Å². The van der Waals surface area contributed by atoms with E-state index in [1.54, 1.807) is 6.07 Å². The lowest BCUT2D eigenvalue weighted by Gasteiger charge is -2.32. The Balaban J connectivity index is 2.18. The van der Waals surface area contributed by atoms with Crippen molar-refractivity contribution in [1.82, 2.24) is 21.5 Å². The minimum atomic E-state index is -4.41. The standard InChI is InChI=1S/C16H23F3N4O/c1-15(2,3)13(23-14(24)22-12-8-20-21-9-12)10-5-4-6-11(7-10)16(17,18)19/h4-7,12-13,20-21H,8-9H2,1-3H3,(H2,22,23,24). The van der Waals surface area contributed by atoms with Crippen molar-refractivity contribution in [2.24, 2.45) is 5.41 Å². The lowest BCUT2D eigenvalue weighted by atomic mass is 9.82. The Labute approximate surface area is 139 Å². The van der Waals surface area contributed by atoms with Crippen LogP contribution in [-0.2, 0) is 6.18 Å². The number of alkyl halides is 3. The molecule has 0 radical (unpaired) electrons. The molecule has 0 aliphatic carbocycles. The average molecular weight is 344 g/mol. The number of carbonyl (C=O) groups is 1. The summed E-state index contributed by atoms with van der Waals surface area (Å²) in [5, 5.41) is 5.60. The molecule has 2 amide bonds. The van der Waals surface area contributed by atoms with E-state index in [0.29, 0.717) is 18.7 Å². The molecule has 1 aliphatic rings. The van der Waals surface area contributed by atoms with Gasteiger partial charge in [-0.3, -0.25) is 10.9 Å². The highest BCUT2D eigenvalue weighted by molar-refractivity contribution is 5.75. The van der Waals surface area contributed by atoms with Crippen molar-refractivity contribution in [3.8, 4) is 0 Å². The number of hydrogen-bond acceptors (Lipinski definition) is 3. The van der Waals surface area contributed by atoms with Crippen LogP contribution in [0.15, 0.2) is 24.3 Å². The summed E-state index contributed by atoms with van der Waals surface area (Å²) in [5.74, 6) is 0. The zero-order valence-electron chi connectivity index (χ0n) is 13.9. The molecule has 24 heavy (non-hydrogen) atoms. The van der Waals surface area contributed by atoms with E-state index >= 15 is 0 Å². The van der Waals surface area contributed by atoms with Crippen LogP contribution in [0.25, 0.3) is 0 Å². The molecule has 0 aromatic heterocycles. The number of hydrazine groups is 1. The molecule has 134 valence electrons. The van der Waals surface area contributed by atoms with Crippen LogP contribution in [0, 0.1) is 5.41 Å². The highest BCUT2D eigenvalue weighted by Gasteiger charge is 2.33. The first-order valence-corrected chi connectivity index (χ1v) is 7.77. The first-order valence-electron chi connectivity index (χ1n) is 7.77. The number of carbonyl (C=O) groups excluding carboxylic acids is 1. The molecule has 1 atom stereocenters. The minimum Gasteiger partial charge on any atom is -0.333 e. The maximum atomic E-state index is 12.9. The molecule has 1 aromatic rings. The summed E-state index contributed by atoms with van der Waals surface area (Å²) in [6, 6.07) is 4.07. The third-order valence-corrected chi connectivity index (χ3v) is 3.85. The van der Waals surface area contributed by atoms with Crippen LogP contribution in [-0.4, -0.2) is 25.2 Å². The fourth-order valence-corrected chi connectivity index (χ4v) is 2.62. The molecular formula is C16H23F3N4O. The number of hydrogen-bond donors (Lipinski definition) is 4. The Bertz CT molecular complexity index is 577. The minimum absolute atomic E-state index is 0.0628. The van der Waals surface area contributed by atoms with Crippen LogP contribution in [0.2, 0.25) is 0 Å². The molecule has 1 unspecified atom stereocenters. The van der Waals surface area contributed by atoms with E-state index in [1.165, 1.54) is 6.07 Å². The Morgan fingerprint density at radius 2 is 1.83 bits per heavy atom. The molecule has 2 rings (SSSR count). The summed E-state index contributed by atoms with van der Waals surface area (Å²) in [5.41, 5.74) is 5.05. The van der Waals surface area contributed by atoms with Gasteiger partial charge in [-0.2, -0.15) is 13.2 Å². The average Bonchev–Trinajstić information content (AvgIpc) is 2.95. The molecule has 0 spiro atoms. The molecule has 1 aromatic carbocycles. The highest BCUT2D eigenvalue weighted by Crippen LogP contribution is 2.36. The van der Waals surface area contributed by atoms with Gasteiger partial charge in [-0.25, -0.2) is 4.79 Å². The zero-order valence-corrected chi connectivity index (χ0v) is 13.9.